The van der Waals surface area contributed by atoms with Crippen molar-refractivity contribution >= 4 is 23.5 Å². The van der Waals surface area contributed by atoms with Crippen LogP contribution in [0.2, 0.25) is 5.02 Å². The number of unbranched alkanes of at least 4 members (excludes halogenated alkanes) is 3. The van der Waals surface area contributed by atoms with Gasteiger partial charge in [-0.05, 0) is 38.0 Å². The van der Waals surface area contributed by atoms with Crippen molar-refractivity contribution in [3.05, 3.63) is 46.7 Å². The third kappa shape index (κ3) is 5.60. The molecule has 6 nitrogen and oxygen atoms in total. The molecule has 0 saturated carbocycles. The van der Waals surface area contributed by atoms with Gasteiger partial charge in [0.15, 0.2) is 0 Å². The molecular weight excluding hydrogens is 342 g/mol. The molecular formula is C18H22ClN3O3. The zero-order chi connectivity index (χ0) is 18.2. The van der Waals surface area contributed by atoms with Gasteiger partial charge in [0, 0.05) is 18.0 Å². The number of carboxylic acid groups (broad SMARTS) is 1. The lowest BCUT2D eigenvalue weighted by molar-refractivity contribution is -0.137. The lowest BCUT2D eigenvalue weighted by atomic mass is 10.1. The van der Waals surface area contributed by atoms with Gasteiger partial charge in [-0.2, -0.15) is 5.10 Å². The zero-order valence-electron chi connectivity index (χ0n) is 14.2. The summed E-state index contributed by atoms with van der Waals surface area (Å²) in [5, 5.41) is 16.3. The number of carbonyl (C=O) groups excluding carboxylic acids is 1. The second-order valence-electron chi connectivity index (χ2n) is 5.85. The minimum Gasteiger partial charge on any atom is -0.481 e. The van der Waals surface area contributed by atoms with Gasteiger partial charge in [-0.25, -0.2) is 4.68 Å². The Kier molecular flexibility index (Phi) is 7.01. The number of carboxylic acids is 1. The van der Waals surface area contributed by atoms with E-state index in [1.54, 1.807) is 23.0 Å². The Balaban J connectivity index is 1.83. The number of carbonyl (C=O) groups is 2. The topological polar surface area (TPSA) is 84.2 Å². The maximum Gasteiger partial charge on any atom is 0.303 e. The molecule has 0 aliphatic rings. The maximum absolute atomic E-state index is 12.3. The van der Waals surface area contributed by atoms with Crippen LogP contribution in [0.4, 0.5) is 0 Å². The number of rotatable bonds is 9. The quantitative estimate of drug-likeness (QED) is 0.667. The van der Waals surface area contributed by atoms with Crippen molar-refractivity contribution in [3.8, 4) is 5.69 Å². The molecule has 2 N–H and O–H groups in total. The fourth-order valence-corrected chi connectivity index (χ4v) is 2.74. The molecule has 0 saturated heterocycles. The van der Waals surface area contributed by atoms with Crippen molar-refractivity contribution in [1.82, 2.24) is 15.1 Å². The minimum absolute atomic E-state index is 0.156. The van der Waals surface area contributed by atoms with Crippen molar-refractivity contribution < 1.29 is 14.7 Å². The molecule has 2 aromatic rings. The van der Waals surface area contributed by atoms with Crippen LogP contribution in [0.1, 0.15) is 48.2 Å². The highest BCUT2D eigenvalue weighted by molar-refractivity contribution is 6.30. The van der Waals surface area contributed by atoms with Gasteiger partial charge < -0.3 is 10.4 Å². The number of nitrogens with zero attached hydrogens (tertiary/aromatic N) is 2. The van der Waals surface area contributed by atoms with Crippen molar-refractivity contribution in [2.75, 3.05) is 6.54 Å². The summed E-state index contributed by atoms with van der Waals surface area (Å²) in [7, 11) is 0. The summed E-state index contributed by atoms with van der Waals surface area (Å²) in [6.07, 6.45) is 5.01. The fourth-order valence-electron chi connectivity index (χ4n) is 2.55. The van der Waals surface area contributed by atoms with E-state index in [2.05, 4.69) is 10.4 Å². The largest absolute Gasteiger partial charge is 0.481 e. The van der Waals surface area contributed by atoms with Gasteiger partial charge in [0.05, 0.1) is 23.1 Å². The number of benzene rings is 1. The molecule has 1 amide bonds. The van der Waals surface area contributed by atoms with E-state index >= 15 is 0 Å². The monoisotopic (exact) mass is 363 g/mol. The Bertz CT molecular complexity index is 743. The average Bonchev–Trinajstić information content (AvgIpc) is 2.95. The van der Waals surface area contributed by atoms with Gasteiger partial charge in [-0.3, -0.25) is 9.59 Å². The van der Waals surface area contributed by atoms with E-state index < -0.39 is 5.97 Å². The maximum atomic E-state index is 12.3. The summed E-state index contributed by atoms with van der Waals surface area (Å²) < 4.78 is 1.69. The first-order valence-corrected chi connectivity index (χ1v) is 8.67. The summed E-state index contributed by atoms with van der Waals surface area (Å²) in [4.78, 5) is 22.7. The van der Waals surface area contributed by atoms with Crippen molar-refractivity contribution in [2.45, 2.75) is 39.0 Å². The van der Waals surface area contributed by atoms with Gasteiger partial charge in [0.1, 0.15) is 0 Å². The number of halogens is 1. The van der Waals surface area contributed by atoms with Gasteiger partial charge in [0.25, 0.3) is 5.91 Å². The molecule has 0 atom stereocenters. The molecule has 2 rings (SSSR count). The van der Waals surface area contributed by atoms with Crippen LogP contribution < -0.4 is 5.32 Å². The summed E-state index contributed by atoms with van der Waals surface area (Å²) in [5.41, 5.74) is 2.09. The molecule has 0 fully saturated rings. The second-order valence-corrected chi connectivity index (χ2v) is 6.29. The molecule has 0 radical (unpaired) electrons. The Morgan fingerprint density at radius 3 is 2.72 bits per heavy atom. The number of nitrogens with one attached hydrogen (secondary N) is 1. The molecule has 134 valence electrons. The summed E-state index contributed by atoms with van der Waals surface area (Å²) in [5.74, 6) is -0.920. The lowest BCUT2D eigenvalue weighted by Gasteiger charge is -2.07. The first-order valence-electron chi connectivity index (χ1n) is 8.29. The van der Waals surface area contributed by atoms with E-state index in [1.807, 2.05) is 19.1 Å². The van der Waals surface area contributed by atoms with Gasteiger partial charge in [-0.1, -0.05) is 30.5 Å². The van der Waals surface area contributed by atoms with Crippen LogP contribution in [0.3, 0.4) is 0 Å². The molecule has 1 aromatic heterocycles. The molecule has 1 heterocycles. The standard InChI is InChI=1S/C18H22ClN3O3/c1-13-16(12-21-22(13)15-8-6-7-14(19)11-15)18(25)20-10-5-3-2-4-9-17(23)24/h6-8,11-12H,2-5,9-10H2,1H3,(H,20,25)(H,23,24). The molecule has 0 spiro atoms. The third-order valence-corrected chi connectivity index (χ3v) is 4.15. The predicted molar refractivity (Wildman–Crippen MR) is 96.4 cm³/mol. The summed E-state index contributed by atoms with van der Waals surface area (Å²) in [6.45, 7) is 2.41. The molecule has 0 unspecified atom stereocenters. The van der Waals surface area contributed by atoms with E-state index in [0.717, 1.165) is 30.6 Å². The Labute approximate surface area is 151 Å². The number of hydrogen-bond acceptors (Lipinski definition) is 3. The minimum atomic E-state index is -0.763. The van der Waals surface area contributed by atoms with E-state index in [-0.39, 0.29) is 12.3 Å². The van der Waals surface area contributed by atoms with Crippen molar-refractivity contribution in [2.24, 2.45) is 0 Å². The van der Waals surface area contributed by atoms with Crippen LogP contribution in [0, 0.1) is 6.92 Å². The van der Waals surface area contributed by atoms with Crippen LogP contribution >= 0.6 is 11.6 Å². The van der Waals surface area contributed by atoms with E-state index in [4.69, 9.17) is 16.7 Å². The summed E-state index contributed by atoms with van der Waals surface area (Å²) in [6, 6.07) is 7.29. The molecule has 0 aliphatic heterocycles. The Hall–Kier alpha value is -2.34. The SMILES string of the molecule is Cc1c(C(=O)NCCCCCCC(=O)O)cnn1-c1cccc(Cl)c1. The Morgan fingerprint density at radius 2 is 2.00 bits per heavy atom. The average molecular weight is 364 g/mol. The Morgan fingerprint density at radius 1 is 1.24 bits per heavy atom. The van der Waals surface area contributed by atoms with Crippen LogP contribution in [0.5, 0.6) is 0 Å². The molecule has 1 aromatic carbocycles. The number of aromatic nitrogens is 2. The van der Waals surface area contributed by atoms with E-state index in [0.29, 0.717) is 23.6 Å². The predicted octanol–water partition coefficient (Wildman–Crippen LogP) is 3.60. The van der Waals surface area contributed by atoms with Gasteiger partial charge in [0.2, 0.25) is 0 Å². The second kappa shape index (κ2) is 9.22. The van der Waals surface area contributed by atoms with Crippen LogP contribution in [0.15, 0.2) is 30.5 Å². The molecule has 0 aliphatic carbocycles. The highest BCUT2D eigenvalue weighted by Crippen LogP contribution is 2.18. The smallest absolute Gasteiger partial charge is 0.303 e. The van der Waals surface area contributed by atoms with Gasteiger partial charge >= 0.3 is 5.97 Å². The first-order chi connectivity index (χ1) is 12.0. The first kappa shape index (κ1) is 19.0. The molecule has 7 heteroatoms. The van der Waals surface area contributed by atoms with E-state index in [9.17, 15) is 9.59 Å². The van der Waals surface area contributed by atoms with Crippen LogP contribution in [-0.4, -0.2) is 33.3 Å². The van der Waals surface area contributed by atoms with Crippen molar-refractivity contribution in [1.29, 1.82) is 0 Å². The van der Waals surface area contributed by atoms with Crippen molar-refractivity contribution in [3.63, 3.8) is 0 Å². The molecule has 25 heavy (non-hydrogen) atoms. The number of aliphatic carboxylic acids is 1. The molecule has 0 bridgehead atoms. The van der Waals surface area contributed by atoms with E-state index in [1.165, 1.54) is 0 Å². The van der Waals surface area contributed by atoms with Crippen LogP contribution in [0.25, 0.3) is 5.69 Å². The lowest BCUT2D eigenvalue weighted by Crippen LogP contribution is -2.24. The fraction of sp³-hybridized carbons (Fsp3) is 0.389. The van der Waals surface area contributed by atoms with Gasteiger partial charge in [-0.15, -0.1) is 0 Å². The highest BCUT2D eigenvalue weighted by Gasteiger charge is 2.14. The summed E-state index contributed by atoms with van der Waals surface area (Å²) >= 11 is 6.00. The third-order valence-electron chi connectivity index (χ3n) is 3.91. The highest BCUT2D eigenvalue weighted by atomic mass is 35.5. The van der Waals surface area contributed by atoms with Crippen LogP contribution in [-0.2, 0) is 4.79 Å². The normalized spacial score (nSPS) is 10.6. The zero-order valence-corrected chi connectivity index (χ0v) is 14.9. The number of amides is 1. The number of hydrogen-bond donors (Lipinski definition) is 2.